The van der Waals surface area contributed by atoms with Crippen molar-refractivity contribution in [3.63, 3.8) is 0 Å². The first-order valence-corrected chi connectivity index (χ1v) is 10.1. The maximum Gasteiger partial charge on any atom is 0.224 e. The Morgan fingerprint density at radius 3 is 2.46 bits per heavy atom. The molecule has 0 saturated carbocycles. The predicted octanol–water partition coefficient (Wildman–Crippen LogP) is 3.09. The van der Waals surface area contributed by atoms with Gasteiger partial charge in [0, 0.05) is 25.8 Å². The molecule has 2 aliphatic heterocycles. The molecule has 1 N–H and O–H groups in total. The van der Waals surface area contributed by atoms with Crippen molar-refractivity contribution < 1.29 is 14.3 Å². The average molecular weight is 381 g/mol. The van der Waals surface area contributed by atoms with Gasteiger partial charge in [-0.3, -0.25) is 4.79 Å². The van der Waals surface area contributed by atoms with E-state index in [0.29, 0.717) is 31.9 Å². The smallest absolute Gasteiger partial charge is 0.224 e. The number of pyridine rings is 1. The van der Waals surface area contributed by atoms with Crippen molar-refractivity contribution in [1.29, 1.82) is 0 Å². The monoisotopic (exact) mass is 381 g/mol. The minimum Gasteiger partial charge on any atom is -0.486 e. The molecule has 6 nitrogen and oxygen atoms in total. The molecule has 1 aromatic heterocycles. The molecule has 1 fully saturated rings. The Morgan fingerprint density at radius 1 is 0.964 bits per heavy atom. The van der Waals surface area contributed by atoms with Gasteiger partial charge in [0.1, 0.15) is 19.0 Å². The fourth-order valence-electron chi connectivity index (χ4n) is 3.65. The SMILES string of the molecule is O=C(Cc1ccc2c(c1)OCCO2)NCc1ccc(N2CCCCCC2)nc1. The summed E-state index contributed by atoms with van der Waals surface area (Å²) in [5, 5.41) is 2.97. The maximum absolute atomic E-state index is 12.3. The van der Waals surface area contributed by atoms with Crippen molar-refractivity contribution in [2.24, 2.45) is 0 Å². The van der Waals surface area contributed by atoms with E-state index in [0.717, 1.165) is 35.8 Å². The van der Waals surface area contributed by atoms with Crippen LogP contribution in [0.3, 0.4) is 0 Å². The van der Waals surface area contributed by atoms with E-state index in [-0.39, 0.29) is 5.91 Å². The van der Waals surface area contributed by atoms with Gasteiger partial charge in [0.05, 0.1) is 6.42 Å². The molecule has 1 saturated heterocycles. The molecule has 4 rings (SSSR count). The summed E-state index contributed by atoms with van der Waals surface area (Å²) in [5.41, 5.74) is 1.92. The summed E-state index contributed by atoms with van der Waals surface area (Å²) >= 11 is 0. The zero-order valence-electron chi connectivity index (χ0n) is 16.2. The predicted molar refractivity (Wildman–Crippen MR) is 108 cm³/mol. The second-order valence-electron chi connectivity index (χ2n) is 7.36. The van der Waals surface area contributed by atoms with Crippen LogP contribution in [0.1, 0.15) is 36.8 Å². The minimum atomic E-state index is -0.0201. The molecule has 0 spiro atoms. The lowest BCUT2D eigenvalue weighted by Gasteiger charge is -2.21. The van der Waals surface area contributed by atoms with E-state index in [2.05, 4.69) is 27.3 Å². The molecule has 0 atom stereocenters. The highest BCUT2D eigenvalue weighted by Crippen LogP contribution is 2.30. The number of carbonyl (C=O) groups is 1. The van der Waals surface area contributed by atoms with E-state index in [4.69, 9.17) is 9.47 Å². The number of amides is 1. The third kappa shape index (κ3) is 4.74. The van der Waals surface area contributed by atoms with Crippen molar-refractivity contribution in [2.45, 2.75) is 38.6 Å². The van der Waals surface area contributed by atoms with Crippen LogP contribution in [0.5, 0.6) is 11.5 Å². The molecule has 6 heteroatoms. The number of carbonyl (C=O) groups excluding carboxylic acids is 1. The number of hydrogen-bond donors (Lipinski definition) is 1. The number of nitrogens with zero attached hydrogens (tertiary/aromatic N) is 2. The molecular weight excluding hydrogens is 354 g/mol. The standard InChI is InChI=1S/C22H27N3O3/c26-22(14-17-5-7-19-20(13-17)28-12-11-27-19)24-16-18-6-8-21(23-15-18)25-9-3-1-2-4-10-25/h5-8,13,15H,1-4,9-12,14,16H2,(H,24,26). The fourth-order valence-corrected chi connectivity index (χ4v) is 3.65. The Kier molecular flexibility index (Phi) is 5.95. The molecule has 3 heterocycles. The van der Waals surface area contributed by atoms with Gasteiger partial charge in [-0.05, 0) is 42.2 Å². The number of ether oxygens (including phenoxy) is 2. The summed E-state index contributed by atoms with van der Waals surface area (Å²) in [7, 11) is 0. The summed E-state index contributed by atoms with van der Waals surface area (Å²) in [4.78, 5) is 19.3. The van der Waals surface area contributed by atoms with Gasteiger partial charge >= 0.3 is 0 Å². The summed E-state index contributed by atoms with van der Waals surface area (Å²) < 4.78 is 11.1. The van der Waals surface area contributed by atoms with E-state index in [1.807, 2.05) is 24.4 Å². The number of benzene rings is 1. The van der Waals surface area contributed by atoms with Crippen LogP contribution in [0, 0.1) is 0 Å². The van der Waals surface area contributed by atoms with Crippen LogP contribution < -0.4 is 19.7 Å². The van der Waals surface area contributed by atoms with Crippen LogP contribution in [0.15, 0.2) is 36.5 Å². The number of nitrogens with one attached hydrogen (secondary N) is 1. The summed E-state index contributed by atoms with van der Waals surface area (Å²) in [6.45, 7) is 3.76. The number of fused-ring (bicyclic) bond motifs is 1. The van der Waals surface area contributed by atoms with Crippen molar-refractivity contribution in [3.8, 4) is 11.5 Å². The first-order chi connectivity index (χ1) is 13.8. The third-order valence-electron chi connectivity index (χ3n) is 5.20. The van der Waals surface area contributed by atoms with Crippen molar-refractivity contribution in [1.82, 2.24) is 10.3 Å². The molecule has 0 unspecified atom stereocenters. The molecule has 0 aliphatic carbocycles. The van der Waals surface area contributed by atoms with Crippen LogP contribution in [0.2, 0.25) is 0 Å². The van der Waals surface area contributed by atoms with Crippen LogP contribution in [-0.4, -0.2) is 37.2 Å². The Morgan fingerprint density at radius 2 is 1.71 bits per heavy atom. The molecule has 2 aliphatic rings. The molecule has 0 radical (unpaired) electrons. The van der Waals surface area contributed by atoms with Crippen LogP contribution in [-0.2, 0) is 17.8 Å². The van der Waals surface area contributed by atoms with E-state index in [1.165, 1.54) is 25.7 Å². The Hall–Kier alpha value is -2.76. The second kappa shape index (κ2) is 8.95. The zero-order chi connectivity index (χ0) is 19.2. The van der Waals surface area contributed by atoms with Gasteiger partial charge < -0.3 is 19.7 Å². The molecule has 0 bridgehead atoms. The van der Waals surface area contributed by atoms with Gasteiger partial charge in [0.15, 0.2) is 11.5 Å². The highest BCUT2D eigenvalue weighted by Gasteiger charge is 2.14. The lowest BCUT2D eigenvalue weighted by atomic mass is 10.1. The van der Waals surface area contributed by atoms with Crippen molar-refractivity contribution >= 4 is 11.7 Å². The summed E-state index contributed by atoms with van der Waals surface area (Å²) in [5.74, 6) is 2.47. The van der Waals surface area contributed by atoms with Gasteiger partial charge in [-0.15, -0.1) is 0 Å². The topological polar surface area (TPSA) is 63.7 Å². The number of hydrogen-bond acceptors (Lipinski definition) is 5. The maximum atomic E-state index is 12.3. The Balaban J connectivity index is 1.28. The first kappa shape index (κ1) is 18.6. The van der Waals surface area contributed by atoms with Crippen molar-refractivity contribution in [2.75, 3.05) is 31.2 Å². The van der Waals surface area contributed by atoms with E-state index in [9.17, 15) is 4.79 Å². The van der Waals surface area contributed by atoms with Crippen LogP contribution in [0.25, 0.3) is 0 Å². The zero-order valence-corrected chi connectivity index (χ0v) is 16.2. The first-order valence-electron chi connectivity index (χ1n) is 10.1. The quantitative estimate of drug-likeness (QED) is 0.862. The van der Waals surface area contributed by atoms with E-state index in [1.54, 1.807) is 0 Å². The number of anilines is 1. The summed E-state index contributed by atoms with van der Waals surface area (Å²) in [6, 6.07) is 9.77. The largest absolute Gasteiger partial charge is 0.486 e. The van der Waals surface area contributed by atoms with E-state index >= 15 is 0 Å². The third-order valence-corrected chi connectivity index (χ3v) is 5.20. The highest BCUT2D eigenvalue weighted by molar-refractivity contribution is 5.78. The van der Waals surface area contributed by atoms with Crippen molar-refractivity contribution in [3.05, 3.63) is 47.7 Å². The number of rotatable bonds is 5. The lowest BCUT2D eigenvalue weighted by Crippen LogP contribution is -2.26. The summed E-state index contributed by atoms with van der Waals surface area (Å²) in [6.07, 6.45) is 7.27. The van der Waals surface area contributed by atoms with Gasteiger partial charge in [0.25, 0.3) is 0 Å². The number of aromatic nitrogens is 1. The molecular formula is C22H27N3O3. The van der Waals surface area contributed by atoms with Gasteiger partial charge in [0.2, 0.25) is 5.91 Å². The van der Waals surface area contributed by atoms with Gasteiger partial charge in [-0.25, -0.2) is 4.98 Å². The average Bonchev–Trinajstić information content (AvgIpc) is 3.02. The van der Waals surface area contributed by atoms with Crippen LogP contribution in [0.4, 0.5) is 5.82 Å². The normalized spacial score (nSPS) is 16.4. The lowest BCUT2D eigenvalue weighted by molar-refractivity contribution is -0.120. The second-order valence-corrected chi connectivity index (χ2v) is 7.36. The Labute approximate surface area is 165 Å². The van der Waals surface area contributed by atoms with Gasteiger partial charge in [-0.2, -0.15) is 0 Å². The minimum absolute atomic E-state index is 0.0201. The van der Waals surface area contributed by atoms with Crippen LogP contribution >= 0.6 is 0 Å². The molecule has 1 amide bonds. The Bertz CT molecular complexity index is 799. The fraction of sp³-hybridized carbons (Fsp3) is 0.455. The molecule has 28 heavy (non-hydrogen) atoms. The molecule has 148 valence electrons. The molecule has 1 aromatic carbocycles. The van der Waals surface area contributed by atoms with Gasteiger partial charge in [-0.1, -0.05) is 25.0 Å². The van der Waals surface area contributed by atoms with E-state index < -0.39 is 0 Å². The highest BCUT2D eigenvalue weighted by atomic mass is 16.6. The molecule has 2 aromatic rings.